The molecule has 5 nitrogen and oxygen atoms in total. The largest absolute Gasteiger partial charge is 0.496 e. The van der Waals surface area contributed by atoms with Gasteiger partial charge in [0.15, 0.2) is 0 Å². The fourth-order valence-corrected chi connectivity index (χ4v) is 2.91. The number of hydrogen-bond donors (Lipinski definition) is 1. The number of halogens is 1. The van der Waals surface area contributed by atoms with Crippen molar-refractivity contribution in [3.05, 3.63) is 39.3 Å². The van der Waals surface area contributed by atoms with Crippen LogP contribution in [0.25, 0.3) is 6.08 Å². The lowest BCUT2D eigenvalue weighted by Gasteiger charge is -2.12. The summed E-state index contributed by atoms with van der Waals surface area (Å²) in [5.74, 6) is 0.437. The Morgan fingerprint density at radius 2 is 2.09 bits per heavy atom. The van der Waals surface area contributed by atoms with Gasteiger partial charge in [0.1, 0.15) is 10.8 Å². The second kappa shape index (κ2) is 7.23. The molecule has 0 atom stereocenters. The summed E-state index contributed by atoms with van der Waals surface area (Å²) in [7, 11) is 1.59. The molecule has 0 aliphatic heterocycles. The number of carbonyl (C=O) groups is 1. The van der Waals surface area contributed by atoms with Gasteiger partial charge in [0, 0.05) is 21.5 Å². The maximum absolute atomic E-state index is 12.0. The summed E-state index contributed by atoms with van der Waals surface area (Å²) in [6, 6.07) is 5.60. The van der Waals surface area contributed by atoms with E-state index in [0.717, 1.165) is 15.0 Å². The summed E-state index contributed by atoms with van der Waals surface area (Å²) < 4.78 is 6.18. The predicted molar refractivity (Wildman–Crippen MR) is 97.0 cm³/mol. The highest BCUT2D eigenvalue weighted by molar-refractivity contribution is 9.10. The third-order valence-corrected chi connectivity index (χ3v) is 4.66. The van der Waals surface area contributed by atoms with Gasteiger partial charge in [-0.25, -0.2) is 0 Å². The lowest BCUT2D eigenvalue weighted by molar-refractivity contribution is -0.111. The molecular weight excluding hydrogens is 378 g/mol. The van der Waals surface area contributed by atoms with Crippen LogP contribution >= 0.6 is 27.3 Å². The Hall–Kier alpha value is -1.73. The van der Waals surface area contributed by atoms with E-state index in [1.807, 2.05) is 18.2 Å². The average Bonchev–Trinajstić information content (AvgIpc) is 2.94. The minimum absolute atomic E-state index is 0.0832. The van der Waals surface area contributed by atoms with Gasteiger partial charge in [0.2, 0.25) is 11.0 Å². The van der Waals surface area contributed by atoms with Gasteiger partial charge in [-0.3, -0.25) is 10.1 Å². The number of carbonyl (C=O) groups excluding carboxylic acids is 1. The number of rotatable bonds is 4. The van der Waals surface area contributed by atoms with Gasteiger partial charge in [-0.15, -0.1) is 10.2 Å². The second-order valence-corrected chi connectivity index (χ2v) is 7.76. The van der Waals surface area contributed by atoms with Crippen LogP contribution in [0.4, 0.5) is 5.13 Å². The molecule has 122 valence electrons. The van der Waals surface area contributed by atoms with Crippen LogP contribution in [0.1, 0.15) is 31.3 Å². The molecule has 23 heavy (non-hydrogen) atoms. The highest BCUT2D eigenvalue weighted by atomic mass is 79.9. The Bertz CT molecular complexity index is 735. The standard InChI is InChI=1S/C16H18BrN3O2S/c1-16(2,3)14-19-20-15(23-14)18-13(21)8-5-10-9-11(17)6-7-12(10)22-4/h5-9H,1-4H3,(H,18,20,21)/b8-5+. The molecule has 1 aromatic heterocycles. The zero-order valence-corrected chi connectivity index (χ0v) is 15.8. The normalized spacial score (nSPS) is 11.7. The van der Waals surface area contributed by atoms with Crippen LogP contribution in [0.15, 0.2) is 28.7 Å². The van der Waals surface area contributed by atoms with Crippen molar-refractivity contribution >= 4 is 44.4 Å². The quantitative estimate of drug-likeness (QED) is 0.785. The summed E-state index contributed by atoms with van der Waals surface area (Å²) >= 11 is 4.78. The maximum Gasteiger partial charge on any atom is 0.250 e. The lowest BCUT2D eigenvalue weighted by atomic mass is 9.98. The molecule has 0 aliphatic carbocycles. The third kappa shape index (κ3) is 4.87. The highest BCUT2D eigenvalue weighted by Gasteiger charge is 2.19. The average molecular weight is 396 g/mol. The predicted octanol–water partition coefficient (Wildman–Crippen LogP) is 4.26. The lowest BCUT2D eigenvalue weighted by Crippen LogP contribution is -2.10. The van der Waals surface area contributed by atoms with E-state index in [9.17, 15) is 4.79 Å². The first-order chi connectivity index (χ1) is 10.8. The zero-order chi connectivity index (χ0) is 17.0. The summed E-state index contributed by atoms with van der Waals surface area (Å²) in [5.41, 5.74) is 0.727. The smallest absolute Gasteiger partial charge is 0.250 e. The Morgan fingerprint density at radius 3 is 2.70 bits per heavy atom. The molecule has 0 spiro atoms. The number of nitrogens with zero attached hydrogens (tertiary/aromatic N) is 2. The molecule has 0 saturated heterocycles. The maximum atomic E-state index is 12.0. The fourth-order valence-electron chi connectivity index (χ4n) is 1.72. The Morgan fingerprint density at radius 1 is 1.35 bits per heavy atom. The van der Waals surface area contributed by atoms with E-state index in [2.05, 4.69) is 52.2 Å². The minimum atomic E-state index is -0.261. The first-order valence-corrected chi connectivity index (χ1v) is 8.57. The summed E-state index contributed by atoms with van der Waals surface area (Å²) in [4.78, 5) is 12.0. The van der Waals surface area contributed by atoms with Crippen molar-refractivity contribution in [3.63, 3.8) is 0 Å². The molecule has 1 amide bonds. The van der Waals surface area contributed by atoms with Crippen LogP contribution in [-0.4, -0.2) is 23.2 Å². The summed E-state index contributed by atoms with van der Waals surface area (Å²) in [6.45, 7) is 6.16. The molecule has 0 bridgehead atoms. The fraction of sp³-hybridized carbons (Fsp3) is 0.312. The molecule has 0 aliphatic rings. The molecule has 0 fully saturated rings. The molecule has 2 rings (SSSR count). The highest BCUT2D eigenvalue weighted by Crippen LogP contribution is 2.28. The Labute approximate surface area is 147 Å². The van der Waals surface area contributed by atoms with Crippen LogP contribution in [0, 0.1) is 0 Å². The summed E-state index contributed by atoms with van der Waals surface area (Å²) in [5, 5.41) is 12.2. The van der Waals surface area contributed by atoms with Crippen LogP contribution in [0.5, 0.6) is 5.75 Å². The van der Waals surface area contributed by atoms with Crippen molar-refractivity contribution in [2.75, 3.05) is 12.4 Å². The van der Waals surface area contributed by atoms with E-state index in [4.69, 9.17) is 4.74 Å². The molecular formula is C16H18BrN3O2S. The van der Waals surface area contributed by atoms with Crippen molar-refractivity contribution in [2.24, 2.45) is 0 Å². The second-order valence-electron chi connectivity index (χ2n) is 5.87. The topological polar surface area (TPSA) is 64.1 Å². The van der Waals surface area contributed by atoms with Crippen LogP contribution in [0.2, 0.25) is 0 Å². The Balaban J connectivity index is 2.08. The van der Waals surface area contributed by atoms with Crippen LogP contribution in [-0.2, 0) is 10.2 Å². The zero-order valence-electron chi connectivity index (χ0n) is 13.4. The third-order valence-electron chi connectivity index (χ3n) is 2.90. The van der Waals surface area contributed by atoms with Gasteiger partial charge in [0.05, 0.1) is 7.11 Å². The van der Waals surface area contributed by atoms with Crippen LogP contribution < -0.4 is 10.1 Å². The first-order valence-electron chi connectivity index (χ1n) is 6.96. The van der Waals surface area contributed by atoms with Crippen molar-refractivity contribution in [1.29, 1.82) is 0 Å². The minimum Gasteiger partial charge on any atom is -0.496 e. The van der Waals surface area contributed by atoms with Gasteiger partial charge in [-0.2, -0.15) is 0 Å². The van der Waals surface area contributed by atoms with Crippen molar-refractivity contribution in [3.8, 4) is 5.75 Å². The van der Waals surface area contributed by atoms with Gasteiger partial charge in [0.25, 0.3) is 0 Å². The number of nitrogens with one attached hydrogen (secondary N) is 1. The number of anilines is 1. The van der Waals surface area contributed by atoms with Gasteiger partial charge in [-0.1, -0.05) is 48.0 Å². The SMILES string of the molecule is COc1ccc(Br)cc1/C=C/C(=O)Nc1nnc(C(C)(C)C)s1. The Kier molecular flexibility index (Phi) is 5.54. The molecule has 2 aromatic rings. The van der Waals surface area contributed by atoms with Crippen molar-refractivity contribution in [2.45, 2.75) is 26.2 Å². The number of ether oxygens (including phenoxy) is 1. The van der Waals surface area contributed by atoms with Crippen molar-refractivity contribution < 1.29 is 9.53 Å². The van der Waals surface area contributed by atoms with Gasteiger partial charge in [-0.05, 0) is 24.3 Å². The molecule has 7 heteroatoms. The molecule has 0 radical (unpaired) electrons. The first kappa shape index (κ1) is 17.6. The molecule has 1 heterocycles. The monoisotopic (exact) mass is 395 g/mol. The van der Waals surface area contributed by atoms with E-state index >= 15 is 0 Å². The van der Waals surface area contributed by atoms with E-state index in [1.54, 1.807) is 13.2 Å². The van der Waals surface area contributed by atoms with E-state index in [-0.39, 0.29) is 11.3 Å². The van der Waals surface area contributed by atoms with E-state index in [0.29, 0.717) is 10.9 Å². The van der Waals surface area contributed by atoms with E-state index in [1.165, 1.54) is 17.4 Å². The molecule has 0 saturated carbocycles. The van der Waals surface area contributed by atoms with Gasteiger partial charge < -0.3 is 4.74 Å². The number of aromatic nitrogens is 2. The summed E-state index contributed by atoms with van der Waals surface area (Å²) in [6.07, 6.45) is 3.15. The number of hydrogen-bond acceptors (Lipinski definition) is 5. The molecule has 1 N–H and O–H groups in total. The molecule has 0 unspecified atom stereocenters. The van der Waals surface area contributed by atoms with Crippen LogP contribution in [0.3, 0.4) is 0 Å². The van der Waals surface area contributed by atoms with Crippen molar-refractivity contribution in [1.82, 2.24) is 10.2 Å². The van der Waals surface area contributed by atoms with E-state index < -0.39 is 0 Å². The molecule has 1 aromatic carbocycles. The number of benzene rings is 1. The number of methoxy groups -OCH3 is 1. The number of amides is 1. The van der Waals surface area contributed by atoms with Gasteiger partial charge >= 0.3 is 0 Å².